The first kappa shape index (κ1) is 19.6. The number of nitrogens with one attached hydrogen (secondary N) is 1. The molecular weight excluding hydrogens is 298 g/mol. The van der Waals surface area contributed by atoms with Gasteiger partial charge in [0.1, 0.15) is 0 Å². The predicted molar refractivity (Wildman–Crippen MR) is 104 cm³/mol. The van der Waals surface area contributed by atoms with E-state index in [0.717, 1.165) is 23.7 Å². The summed E-state index contributed by atoms with van der Waals surface area (Å²) in [6.45, 7) is 6.97. The summed E-state index contributed by atoms with van der Waals surface area (Å²) in [5.41, 5.74) is 11.8. The lowest BCUT2D eigenvalue weighted by Gasteiger charge is -2.08. The van der Waals surface area contributed by atoms with Gasteiger partial charge in [-0.2, -0.15) is 0 Å². The summed E-state index contributed by atoms with van der Waals surface area (Å²) >= 11 is 0. The lowest BCUT2D eigenvalue weighted by atomic mass is 10.1. The fourth-order valence-corrected chi connectivity index (χ4v) is 2.23. The van der Waals surface area contributed by atoms with Gasteiger partial charge in [0.25, 0.3) is 0 Å². The molecular formula is C19H29N5. The van der Waals surface area contributed by atoms with Crippen LogP contribution in [0.25, 0.3) is 12.2 Å². The molecule has 0 aliphatic rings. The number of aromatic nitrogens is 2. The summed E-state index contributed by atoms with van der Waals surface area (Å²) in [7, 11) is 1.50. The SMILES string of the molecule is C/C=c1/nc(N)c(NCCc2ccccc2)n/c1=C/C(C)C.CN. The number of nitrogens with two attached hydrogens (primary N) is 2. The van der Waals surface area contributed by atoms with Crippen molar-refractivity contribution >= 4 is 23.8 Å². The van der Waals surface area contributed by atoms with Crippen molar-refractivity contribution in [3.05, 3.63) is 46.6 Å². The lowest BCUT2D eigenvalue weighted by molar-refractivity contribution is 0.871. The highest BCUT2D eigenvalue weighted by atomic mass is 15.1. The van der Waals surface area contributed by atoms with Crippen LogP contribution in [0.1, 0.15) is 26.3 Å². The fourth-order valence-electron chi connectivity index (χ4n) is 2.23. The van der Waals surface area contributed by atoms with Gasteiger partial charge in [0.15, 0.2) is 11.6 Å². The number of rotatable bonds is 5. The smallest absolute Gasteiger partial charge is 0.169 e. The zero-order chi connectivity index (χ0) is 17.9. The maximum atomic E-state index is 6.01. The fraction of sp³-hybridized carbons (Fsp3) is 0.368. The van der Waals surface area contributed by atoms with E-state index < -0.39 is 0 Å². The quantitative estimate of drug-likeness (QED) is 0.775. The zero-order valence-corrected chi connectivity index (χ0v) is 15.1. The van der Waals surface area contributed by atoms with Gasteiger partial charge >= 0.3 is 0 Å². The molecule has 0 aliphatic heterocycles. The second-order valence-electron chi connectivity index (χ2n) is 5.59. The van der Waals surface area contributed by atoms with E-state index in [1.54, 1.807) is 0 Å². The average Bonchev–Trinajstić information content (AvgIpc) is 2.59. The van der Waals surface area contributed by atoms with E-state index in [4.69, 9.17) is 5.73 Å². The Morgan fingerprint density at radius 3 is 2.33 bits per heavy atom. The van der Waals surface area contributed by atoms with Crippen molar-refractivity contribution in [3.63, 3.8) is 0 Å². The molecule has 5 nitrogen and oxygen atoms in total. The molecule has 2 rings (SSSR count). The van der Waals surface area contributed by atoms with Gasteiger partial charge in [-0.3, -0.25) is 0 Å². The molecule has 0 atom stereocenters. The van der Waals surface area contributed by atoms with Crippen LogP contribution in [0.2, 0.25) is 0 Å². The summed E-state index contributed by atoms with van der Waals surface area (Å²) in [5, 5.41) is 5.01. The van der Waals surface area contributed by atoms with Gasteiger partial charge < -0.3 is 16.8 Å². The van der Waals surface area contributed by atoms with Gasteiger partial charge in [-0.05, 0) is 31.9 Å². The number of hydrogen-bond donors (Lipinski definition) is 3. The van der Waals surface area contributed by atoms with E-state index in [2.05, 4.69) is 53.1 Å². The van der Waals surface area contributed by atoms with Gasteiger partial charge in [-0.15, -0.1) is 0 Å². The van der Waals surface area contributed by atoms with Crippen LogP contribution in [0.5, 0.6) is 0 Å². The molecule has 0 spiro atoms. The standard InChI is InChI=1S/C18H24N4.CH5N/c1-4-15-16(12-13(2)3)22-18(17(19)21-15)20-11-10-14-8-6-5-7-9-14;1-2/h4-9,12-13H,10-11H2,1-3H3,(H2,19,21)(H,20,22);2H2,1H3/b15-4+,16-12+;. The van der Waals surface area contributed by atoms with E-state index in [1.165, 1.54) is 12.6 Å². The minimum Gasteiger partial charge on any atom is -0.381 e. The highest BCUT2D eigenvalue weighted by Gasteiger charge is 2.03. The molecule has 24 heavy (non-hydrogen) atoms. The van der Waals surface area contributed by atoms with Crippen molar-refractivity contribution in [2.24, 2.45) is 11.7 Å². The summed E-state index contributed by atoms with van der Waals surface area (Å²) in [6.07, 6.45) is 4.96. The van der Waals surface area contributed by atoms with Crippen molar-refractivity contribution in [3.8, 4) is 0 Å². The molecule has 0 amide bonds. The summed E-state index contributed by atoms with van der Waals surface area (Å²) < 4.78 is 0. The Morgan fingerprint density at radius 2 is 1.75 bits per heavy atom. The van der Waals surface area contributed by atoms with Gasteiger partial charge in [0, 0.05) is 6.54 Å². The third kappa shape index (κ3) is 6.01. The van der Waals surface area contributed by atoms with Crippen LogP contribution in [-0.4, -0.2) is 23.6 Å². The van der Waals surface area contributed by atoms with Crippen molar-refractivity contribution in [1.29, 1.82) is 0 Å². The topological polar surface area (TPSA) is 89.8 Å². The Labute approximate surface area is 144 Å². The molecule has 5 heteroatoms. The van der Waals surface area contributed by atoms with Gasteiger partial charge in [0.05, 0.1) is 10.7 Å². The van der Waals surface area contributed by atoms with Crippen LogP contribution in [0.15, 0.2) is 30.3 Å². The molecule has 0 aliphatic carbocycles. The first-order chi connectivity index (χ1) is 11.6. The highest BCUT2D eigenvalue weighted by molar-refractivity contribution is 5.56. The normalized spacial score (nSPS) is 12.1. The molecule has 0 fully saturated rings. The Bertz CT molecular complexity index is 723. The second-order valence-corrected chi connectivity index (χ2v) is 5.59. The summed E-state index contributed by atoms with van der Waals surface area (Å²) in [4.78, 5) is 9.07. The van der Waals surface area contributed by atoms with Crippen LogP contribution < -0.4 is 27.5 Å². The number of nitrogens with zero attached hydrogens (tertiary/aromatic N) is 2. The molecule has 130 valence electrons. The van der Waals surface area contributed by atoms with E-state index in [0.29, 0.717) is 17.6 Å². The first-order valence-electron chi connectivity index (χ1n) is 8.27. The second kappa shape index (κ2) is 10.4. The summed E-state index contributed by atoms with van der Waals surface area (Å²) in [5.74, 6) is 1.52. The van der Waals surface area contributed by atoms with Crippen LogP contribution in [0.3, 0.4) is 0 Å². The Kier molecular flexibility index (Phi) is 8.50. The number of benzene rings is 1. The highest BCUT2D eigenvalue weighted by Crippen LogP contribution is 2.07. The predicted octanol–water partition coefficient (Wildman–Crippen LogP) is 1.53. The van der Waals surface area contributed by atoms with Crippen LogP contribution in [-0.2, 0) is 6.42 Å². The lowest BCUT2D eigenvalue weighted by Crippen LogP contribution is -2.34. The van der Waals surface area contributed by atoms with Crippen molar-refractivity contribution < 1.29 is 0 Å². The zero-order valence-electron chi connectivity index (χ0n) is 15.1. The molecule has 2 aromatic rings. The van der Waals surface area contributed by atoms with Crippen molar-refractivity contribution in [2.75, 3.05) is 24.6 Å². The molecule has 0 saturated carbocycles. The van der Waals surface area contributed by atoms with E-state index in [9.17, 15) is 0 Å². The number of nitrogen functional groups attached to an aromatic ring is 1. The Hall–Kier alpha value is -2.40. The van der Waals surface area contributed by atoms with Crippen LogP contribution in [0, 0.1) is 5.92 Å². The number of anilines is 2. The Balaban J connectivity index is 0.00000139. The van der Waals surface area contributed by atoms with E-state index in [-0.39, 0.29) is 0 Å². The molecule has 0 unspecified atom stereocenters. The Morgan fingerprint density at radius 1 is 1.08 bits per heavy atom. The van der Waals surface area contributed by atoms with Gasteiger partial charge in [-0.25, -0.2) is 9.97 Å². The van der Waals surface area contributed by atoms with Crippen molar-refractivity contribution in [2.45, 2.75) is 27.2 Å². The van der Waals surface area contributed by atoms with Crippen molar-refractivity contribution in [1.82, 2.24) is 9.97 Å². The largest absolute Gasteiger partial charge is 0.381 e. The first-order valence-corrected chi connectivity index (χ1v) is 8.27. The van der Waals surface area contributed by atoms with Crippen LogP contribution in [0.4, 0.5) is 11.6 Å². The average molecular weight is 327 g/mol. The third-order valence-corrected chi connectivity index (χ3v) is 3.29. The molecule has 1 aromatic carbocycles. The molecule has 1 heterocycles. The minimum absolute atomic E-state index is 0.411. The molecule has 5 N–H and O–H groups in total. The molecule has 0 saturated heterocycles. The van der Waals surface area contributed by atoms with Gasteiger partial charge in [0.2, 0.25) is 0 Å². The maximum Gasteiger partial charge on any atom is 0.169 e. The minimum atomic E-state index is 0.411. The molecule has 1 aromatic heterocycles. The maximum absolute atomic E-state index is 6.01. The van der Waals surface area contributed by atoms with E-state index in [1.807, 2.05) is 31.2 Å². The van der Waals surface area contributed by atoms with E-state index >= 15 is 0 Å². The van der Waals surface area contributed by atoms with Gasteiger partial charge in [-0.1, -0.05) is 56.3 Å². The summed E-state index contributed by atoms with van der Waals surface area (Å²) in [6, 6.07) is 10.3. The third-order valence-electron chi connectivity index (χ3n) is 3.29. The van der Waals surface area contributed by atoms with Crippen LogP contribution >= 0.6 is 0 Å². The molecule has 0 bridgehead atoms. The number of hydrogen-bond acceptors (Lipinski definition) is 5. The monoisotopic (exact) mass is 327 g/mol. The molecule has 0 radical (unpaired) electrons.